The Labute approximate surface area is 169 Å². The van der Waals surface area contributed by atoms with Crippen molar-refractivity contribution in [3.8, 4) is 0 Å². The van der Waals surface area contributed by atoms with Crippen LogP contribution < -0.4 is 10.6 Å². The highest BCUT2D eigenvalue weighted by atomic mass is 19.2. The van der Waals surface area contributed by atoms with Crippen LogP contribution in [-0.2, 0) is 9.59 Å². The lowest BCUT2D eigenvalue weighted by atomic mass is 10.2. The van der Waals surface area contributed by atoms with Crippen LogP contribution in [0.4, 0.5) is 23.2 Å². The van der Waals surface area contributed by atoms with Crippen LogP contribution in [0.25, 0.3) is 0 Å². The second-order valence-electron chi connectivity index (χ2n) is 6.28. The van der Waals surface area contributed by atoms with E-state index in [0.29, 0.717) is 12.5 Å². The van der Waals surface area contributed by atoms with Gasteiger partial charge in [0.15, 0.2) is 17.5 Å². The van der Waals surface area contributed by atoms with Gasteiger partial charge < -0.3 is 15.5 Å². The van der Waals surface area contributed by atoms with E-state index in [0.717, 1.165) is 17.0 Å². The molecule has 0 spiro atoms. The average Bonchev–Trinajstić information content (AvgIpc) is 2.72. The molecule has 30 heavy (non-hydrogen) atoms. The predicted molar refractivity (Wildman–Crippen MR) is 101 cm³/mol. The molecule has 0 aliphatic rings. The Kier molecular flexibility index (Phi) is 7.90. The lowest BCUT2D eigenvalue weighted by Crippen LogP contribution is -2.44. The Hall–Kier alpha value is -3.43. The Balaban J connectivity index is 1.97. The fourth-order valence-electron chi connectivity index (χ4n) is 2.55. The molecule has 0 aromatic heterocycles. The van der Waals surface area contributed by atoms with Crippen LogP contribution in [0.15, 0.2) is 36.4 Å². The highest BCUT2D eigenvalue weighted by molar-refractivity contribution is 5.98. The molecule has 0 fully saturated rings. The van der Waals surface area contributed by atoms with Crippen molar-refractivity contribution in [2.75, 3.05) is 25.0 Å². The minimum Gasteiger partial charge on any atom is -0.343 e. The molecule has 2 aromatic carbocycles. The van der Waals surface area contributed by atoms with Crippen molar-refractivity contribution in [1.82, 2.24) is 10.2 Å². The molecule has 3 amide bonds. The number of hydrogen-bond acceptors (Lipinski definition) is 3. The van der Waals surface area contributed by atoms with Crippen molar-refractivity contribution in [1.29, 1.82) is 0 Å². The summed E-state index contributed by atoms with van der Waals surface area (Å²) in [5.41, 5.74) is -0.543. The summed E-state index contributed by atoms with van der Waals surface area (Å²) in [4.78, 5) is 37.6. The molecule has 2 rings (SSSR count). The second-order valence-corrected chi connectivity index (χ2v) is 6.28. The second kappa shape index (κ2) is 10.4. The zero-order chi connectivity index (χ0) is 22.3. The van der Waals surface area contributed by atoms with Crippen LogP contribution in [0.3, 0.4) is 0 Å². The van der Waals surface area contributed by atoms with Gasteiger partial charge in [0.05, 0.1) is 18.8 Å². The summed E-state index contributed by atoms with van der Waals surface area (Å²) in [6.45, 7) is 0.948. The van der Waals surface area contributed by atoms with E-state index in [1.54, 1.807) is 6.92 Å². The molecule has 2 N–H and O–H groups in total. The van der Waals surface area contributed by atoms with Gasteiger partial charge in [-0.1, -0.05) is 13.0 Å². The maximum Gasteiger partial charge on any atom is 0.251 e. The van der Waals surface area contributed by atoms with Crippen molar-refractivity contribution in [2.45, 2.75) is 13.3 Å². The fraction of sp³-hybridized carbons (Fsp3) is 0.250. The Morgan fingerprint density at radius 1 is 1.00 bits per heavy atom. The van der Waals surface area contributed by atoms with Gasteiger partial charge in [0.1, 0.15) is 5.82 Å². The van der Waals surface area contributed by atoms with Crippen molar-refractivity contribution < 1.29 is 31.9 Å². The van der Waals surface area contributed by atoms with Crippen LogP contribution in [-0.4, -0.2) is 42.3 Å². The first-order chi connectivity index (χ1) is 14.2. The third kappa shape index (κ3) is 6.03. The number of anilines is 1. The van der Waals surface area contributed by atoms with E-state index in [2.05, 4.69) is 10.6 Å². The summed E-state index contributed by atoms with van der Waals surface area (Å²) < 4.78 is 53.1. The Morgan fingerprint density at radius 3 is 2.40 bits per heavy atom. The van der Waals surface area contributed by atoms with Gasteiger partial charge in [-0.2, -0.15) is 0 Å². The van der Waals surface area contributed by atoms with Gasteiger partial charge in [-0.05, 0) is 36.8 Å². The number of amides is 3. The van der Waals surface area contributed by atoms with Crippen LogP contribution in [0.5, 0.6) is 0 Å². The molecule has 10 heteroatoms. The van der Waals surface area contributed by atoms with Crippen molar-refractivity contribution in [3.63, 3.8) is 0 Å². The van der Waals surface area contributed by atoms with Gasteiger partial charge in [0.2, 0.25) is 11.8 Å². The van der Waals surface area contributed by atoms with Crippen molar-refractivity contribution in [3.05, 3.63) is 65.2 Å². The molecule has 0 bridgehead atoms. The molecule has 0 aliphatic heterocycles. The number of carbonyl (C=O) groups excluding carboxylic acids is 3. The van der Waals surface area contributed by atoms with Crippen molar-refractivity contribution >= 4 is 23.4 Å². The highest BCUT2D eigenvalue weighted by Gasteiger charge is 2.20. The molecule has 0 radical (unpaired) electrons. The fourth-order valence-corrected chi connectivity index (χ4v) is 2.55. The third-order valence-electron chi connectivity index (χ3n) is 3.98. The number of nitrogens with zero attached hydrogens (tertiary/aromatic N) is 1. The minimum atomic E-state index is -1.73. The average molecular weight is 425 g/mol. The number of carbonyl (C=O) groups is 3. The molecular formula is C20H19F4N3O3. The molecule has 0 atom stereocenters. The molecule has 2 aromatic rings. The van der Waals surface area contributed by atoms with E-state index in [1.165, 1.54) is 18.2 Å². The first kappa shape index (κ1) is 22.9. The van der Waals surface area contributed by atoms with Crippen LogP contribution in [0.1, 0.15) is 23.7 Å². The lowest BCUT2D eigenvalue weighted by Gasteiger charge is -2.22. The summed E-state index contributed by atoms with van der Waals surface area (Å²) in [6, 6.07) is 6.41. The zero-order valence-corrected chi connectivity index (χ0v) is 16.0. The van der Waals surface area contributed by atoms with Gasteiger partial charge in [-0.3, -0.25) is 14.4 Å². The normalized spacial score (nSPS) is 10.4. The predicted octanol–water partition coefficient (Wildman–Crippen LogP) is 2.85. The first-order valence-electron chi connectivity index (χ1n) is 8.97. The minimum absolute atomic E-state index is 0.0244. The zero-order valence-electron chi connectivity index (χ0n) is 16.0. The third-order valence-corrected chi connectivity index (χ3v) is 3.98. The van der Waals surface area contributed by atoms with E-state index in [9.17, 15) is 31.9 Å². The van der Waals surface area contributed by atoms with Gasteiger partial charge in [0, 0.05) is 12.1 Å². The Morgan fingerprint density at radius 2 is 1.73 bits per heavy atom. The van der Waals surface area contributed by atoms with E-state index in [1.807, 2.05) is 0 Å². The monoisotopic (exact) mass is 425 g/mol. The molecule has 6 nitrogen and oxygen atoms in total. The number of nitrogens with one attached hydrogen (secondary N) is 2. The van der Waals surface area contributed by atoms with Crippen LogP contribution >= 0.6 is 0 Å². The van der Waals surface area contributed by atoms with E-state index >= 15 is 0 Å². The summed E-state index contributed by atoms with van der Waals surface area (Å²) in [7, 11) is 0. The molecule has 160 valence electrons. The molecule has 0 saturated heterocycles. The summed E-state index contributed by atoms with van der Waals surface area (Å²) in [5, 5.41) is 4.41. The quantitative estimate of drug-likeness (QED) is 0.504. The van der Waals surface area contributed by atoms with E-state index in [-0.39, 0.29) is 12.1 Å². The maximum atomic E-state index is 13.7. The molecular weight excluding hydrogens is 406 g/mol. The number of hydrogen-bond donors (Lipinski definition) is 2. The first-order valence-corrected chi connectivity index (χ1v) is 8.97. The topological polar surface area (TPSA) is 78.5 Å². The highest BCUT2D eigenvalue weighted by Crippen LogP contribution is 2.19. The standard InChI is InChI=1S/C20H19F4N3O3/c1-2-8-27(11-16(28)26-15-7-6-14(22)18(23)19(15)24)17(29)10-25-20(30)12-4-3-5-13(21)9-12/h3-7,9H,2,8,10-11H2,1H3,(H,25,30)(H,26,28). The lowest BCUT2D eigenvalue weighted by molar-refractivity contribution is -0.133. The number of halogens is 4. The molecule has 0 unspecified atom stereocenters. The Bertz CT molecular complexity index is 953. The van der Waals surface area contributed by atoms with Crippen molar-refractivity contribution in [2.24, 2.45) is 0 Å². The van der Waals surface area contributed by atoms with E-state index < -0.39 is 59.8 Å². The van der Waals surface area contributed by atoms with E-state index in [4.69, 9.17) is 0 Å². The largest absolute Gasteiger partial charge is 0.343 e. The molecule has 0 aliphatic carbocycles. The van der Waals surface area contributed by atoms with Gasteiger partial charge in [0.25, 0.3) is 5.91 Å². The summed E-state index contributed by atoms with van der Waals surface area (Å²) in [5.74, 6) is -7.41. The molecule has 0 heterocycles. The number of rotatable bonds is 8. The van der Waals surface area contributed by atoms with Gasteiger partial charge in [-0.15, -0.1) is 0 Å². The smallest absolute Gasteiger partial charge is 0.251 e. The summed E-state index contributed by atoms with van der Waals surface area (Å²) in [6.07, 6.45) is 0.483. The van der Waals surface area contributed by atoms with Gasteiger partial charge >= 0.3 is 0 Å². The maximum absolute atomic E-state index is 13.7. The van der Waals surface area contributed by atoms with Gasteiger partial charge in [-0.25, -0.2) is 17.6 Å². The van der Waals surface area contributed by atoms with Crippen LogP contribution in [0, 0.1) is 23.3 Å². The number of benzene rings is 2. The molecule has 0 saturated carbocycles. The van der Waals surface area contributed by atoms with Crippen LogP contribution in [0.2, 0.25) is 0 Å². The SMILES string of the molecule is CCCN(CC(=O)Nc1ccc(F)c(F)c1F)C(=O)CNC(=O)c1cccc(F)c1. The summed E-state index contributed by atoms with van der Waals surface area (Å²) >= 11 is 0.